The lowest BCUT2D eigenvalue weighted by molar-refractivity contribution is -0.352. The molecule has 0 atom stereocenters. The first-order valence-corrected chi connectivity index (χ1v) is 2.47. The Morgan fingerprint density at radius 3 is 1.54 bits per heavy atom. The fraction of sp³-hybridized carbons (Fsp3) is 0.750. The molecule has 0 aliphatic heterocycles. The van der Waals surface area contributed by atoms with Gasteiger partial charge in [-0.25, -0.2) is 4.79 Å². The summed E-state index contributed by atoms with van der Waals surface area (Å²) in [4.78, 5) is 10.2. The van der Waals surface area contributed by atoms with Crippen molar-refractivity contribution in [1.29, 1.82) is 0 Å². The van der Waals surface area contributed by atoms with Crippen LogP contribution in [0, 0.1) is 0 Å². The molecule has 0 radical (unpaired) electrons. The molecule has 0 saturated heterocycles. The fourth-order valence-electron chi connectivity index (χ4n) is 0.298. The zero-order chi connectivity index (χ0) is 10.9. The molecule has 0 fully saturated rings. The quantitative estimate of drug-likeness (QED) is 0.297. The van der Waals surface area contributed by atoms with Gasteiger partial charge in [0.25, 0.3) is 0 Å². The number of alkyl halides is 7. The van der Waals surface area contributed by atoms with E-state index < -0.39 is 18.1 Å². The summed E-state index contributed by atoms with van der Waals surface area (Å²) in [6.07, 6.45) is -6.54. The molecule has 0 heterocycles. The number of hydrogen-bond acceptors (Lipinski definition) is 2. The van der Waals surface area contributed by atoms with E-state index in [9.17, 15) is 30.7 Å². The van der Waals surface area contributed by atoms with E-state index in [1.165, 1.54) is 0 Å². The molecule has 0 amide bonds. The standard InChI is InChI=1S/C4F7NO/c5-2(6,3(7,8)9)4(10,11)12-1-13. The Morgan fingerprint density at radius 2 is 1.31 bits per heavy atom. The number of aliphatic imine (C=N–C) groups is 1. The highest BCUT2D eigenvalue weighted by Gasteiger charge is 2.74. The molecule has 13 heavy (non-hydrogen) atoms. The minimum Gasteiger partial charge on any atom is -0.211 e. The third-order valence-electron chi connectivity index (χ3n) is 0.920. The lowest BCUT2D eigenvalue weighted by Gasteiger charge is -2.23. The summed E-state index contributed by atoms with van der Waals surface area (Å²) < 4.78 is 80.8. The summed E-state index contributed by atoms with van der Waals surface area (Å²) in [6, 6.07) is -5.83. The van der Waals surface area contributed by atoms with E-state index in [1.807, 2.05) is 0 Å². The van der Waals surface area contributed by atoms with Crippen molar-refractivity contribution in [3.8, 4) is 0 Å². The molecule has 0 aromatic carbocycles. The van der Waals surface area contributed by atoms with E-state index in [4.69, 9.17) is 4.79 Å². The van der Waals surface area contributed by atoms with E-state index in [0.717, 1.165) is 4.99 Å². The highest BCUT2D eigenvalue weighted by molar-refractivity contribution is 5.34. The second-order valence-corrected chi connectivity index (χ2v) is 1.82. The third-order valence-corrected chi connectivity index (χ3v) is 0.920. The summed E-state index contributed by atoms with van der Waals surface area (Å²) in [7, 11) is 0. The van der Waals surface area contributed by atoms with Crippen molar-refractivity contribution in [3.63, 3.8) is 0 Å². The maximum absolute atomic E-state index is 11.8. The predicted octanol–water partition coefficient (Wildman–Crippen LogP) is 2.11. The number of halogens is 7. The molecule has 0 rings (SSSR count). The van der Waals surface area contributed by atoms with Crippen LogP contribution >= 0.6 is 0 Å². The van der Waals surface area contributed by atoms with Crippen molar-refractivity contribution in [2.75, 3.05) is 0 Å². The van der Waals surface area contributed by atoms with Gasteiger partial charge in [0.2, 0.25) is 6.08 Å². The van der Waals surface area contributed by atoms with Crippen molar-refractivity contribution in [2.24, 2.45) is 4.99 Å². The number of isocyanates is 1. The summed E-state index contributed by atoms with van der Waals surface area (Å²) in [6.45, 7) is 0. The molecule has 0 unspecified atom stereocenters. The number of carbonyl (C=O) groups excluding carboxylic acids is 1. The van der Waals surface area contributed by atoms with Gasteiger partial charge in [-0.15, -0.1) is 4.99 Å². The van der Waals surface area contributed by atoms with Gasteiger partial charge in [0.1, 0.15) is 0 Å². The number of rotatable bonds is 2. The summed E-state index contributed by atoms with van der Waals surface area (Å²) in [5, 5.41) is 0. The average molecular weight is 211 g/mol. The van der Waals surface area contributed by atoms with Crippen LogP contribution in [0.5, 0.6) is 0 Å². The Kier molecular flexibility index (Phi) is 2.73. The fourth-order valence-corrected chi connectivity index (χ4v) is 0.298. The second-order valence-electron chi connectivity index (χ2n) is 1.82. The normalized spacial score (nSPS) is 13.8. The van der Waals surface area contributed by atoms with E-state index in [0.29, 0.717) is 0 Å². The van der Waals surface area contributed by atoms with Crippen LogP contribution in [-0.2, 0) is 4.79 Å². The average Bonchev–Trinajstić information content (AvgIpc) is 1.84. The highest BCUT2D eigenvalue weighted by Crippen LogP contribution is 2.46. The van der Waals surface area contributed by atoms with E-state index in [1.54, 1.807) is 0 Å². The third kappa shape index (κ3) is 1.97. The SMILES string of the molecule is O=C=NC(F)(F)C(F)(F)C(F)(F)F. The maximum Gasteiger partial charge on any atom is 0.462 e. The molecule has 0 aromatic heterocycles. The van der Waals surface area contributed by atoms with Crippen LogP contribution in [0.25, 0.3) is 0 Å². The molecule has 0 N–H and O–H groups in total. The zero-order valence-electron chi connectivity index (χ0n) is 5.50. The zero-order valence-corrected chi connectivity index (χ0v) is 5.50. The van der Waals surface area contributed by atoms with Crippen LogP contribution in [0.2, 0.25) is 0 Å². The van der Waals surface area contributed by atoms with Gasteiger partial charge in [-0.3, -0.25) is 0 Å². The van der Waals surface area contributed by atoms with E-state index >= 15 is 0 Å². The van der Waals surface area contributed by atoms with Gasteiger partial charge in [-0.2, -0.15) is 30.7 Å². The Balaban J connectivity index is 5.14. The van der Waals surface area contributed by atoms with Crippen molar-refractivity contribution in [1.82, 2.24) is 0 Å². The number of hydrogen-bond donors (Lipinski definition) is 0. The summed E-state index contributed by atoms with van der Waals surface area (Å²) >= 11 is 0. The van der Waals surface area contributed by atoms with Crippen LogP contribution in [0.15, 0.2) is 4.99 Å². The van der Waals surface area contributed by atoms with Crippen molar-refractivity contribution >= 4 is 6.08 Å². The van der Waals surface area contributed by atoms with Gasteiger partial charge >= 0.3 is 18.1 Å². The topological polar surface area (TPSA) is 29.4 Å². The van der Waals surface area contributed by atoms with E-state index in [-0.39, 0.29) is 6.08 Å². The first-order chi connectivity index (χ1) is 5.56. The lowest BCUT2D eigenvalue weighted by atomic mass is 10.3. The minimum atomic E-state index is -6.48. The molecule has 0 bridgehead atoms. The molecular weight excluding hydrogens is 211 g/mol. The predicted molar refractivity (Wildman–Crippen MR) is 24.1 cm³/mol. The molecule has 76 valence electrons. The summed E-state index contributed by atoms with van der Waals surface area (Å²) in [5.41, 5.74) is 0. The van der Waals surface area contributed by atoms with Gasteiger partial charge < -0.3 is 0 Å². The van der Waals surface area contributed by atoms with Crippen molar-refractivity contribution in [2.45, 2.75) is 18.1 Å². The smallest absolute Gasteiger partial charge is 0.211 e. The van der Waals surface area contributed by atoms with Gasteiger partial charge in [0, 0.05) is 0 Å². The highest BCUT2D eigenvalue weighted by atomic mass is 19.4. The Bertz CT molecular complexity index is 237. The summed E-state index contributed by atoms with van der Waals surface area (Å²) in [5.74, 6) is -6.38. The first kappa shape index (κ1) is 11.9. The minimum absolute atomic E-state index is 0.0688. The first-order valence-electron chi connectivity index (χ1n) is 2.47. The van der Waals surface area contributed by atoms with Crippen LogP contribution in [0.4, 0.5) is 30.7 Å². The van der Waals surface area contributed by atoms with Crippen molar-refractivity contribution < 1.29 is 35.5 Å². The Hall–Kier alpha value is -1.11. The van der Waals surface area contributed by atoms with Gasteiger partial charge in [0.15, 0.2) is 0 Å². The molecule has 0 aliphatic rings. The Labute approximate surface area is 66.0 Å². The molecule has 0 aromatic rings. The molecule has 9 heteroatoms. The largest absolute Gasteiger partial charge is 0.462 e. The van der Waals surface area contributed by atoms with Crippen LogP contribution in [0.1, 0.15) is 0 Å². The number of nitrogens with zero attached hydrogens (tertiary/aromatic N) is 1. The van der Waals surface area contributed by atoms with Gasteiger partial charge in [0.05, 0.1) is 0 Å². The lowest BCUT2D eigenvalue weighted by Crippen LogP contribution is -2.50. The van der Waals surface area contributed by atoms with Gasteiger partial charge in [-0.1, -0.05) is 0 Å². The van der Waals surface area contributed by atoms with Crippen LogP contribution in [-0.4, -0.2) is 24.2 Å². The van der Waals surface area contributed by atoms with Gasteiger partial charge in [-0.05, 0) is 0 Å². The Morgan fingerprint density at radius 1 is 0.923 bits per heavy atom. The molecule has 0 aliphatic carbocycles. The van der Waals surface area contributed by atoms with Crippen LogP contribution < -0.4 is 0 Å². The molecular formula is C4F7NO. The second kappa shape index (κ2) is 2.99. The molecule has 0 spiro atoms. The molecule has 2 nitrogen and oxygen atoms in total. The monoisotopic (exact) mass is 211 g/mol. The maximum atomic E-state index is 11.8. The van der Waals surface area contributed by atoms with Crippen LogP contribution in [0.3, 0.4) is 0 Å². The van der Waals surface area contributed by atoms with Crippen molar-refractivity contribution in [3.05, 3.63) is 0 Å². The van der Waals surface area contributed by atoms with E-state index in [2.05, 4.69) is 0 Å². The molecule has 0 saturated carbocycles.